The van der Waals surface area contributed by atoms with Gasteiger partial charge in [-0.05, 0) is 109 Å². The van der Waals surface area contributed by atoms with E-state index in [4.69, 9.17) is 6.85 Å². The summed E-state index contributed by atoms with van der Waals surface area (Å²) in [7, 11) is 0. The maximum Gasteiger partial charge on any atom is 0.0714 e. The zero-order valence-corrected chi connectivity index (χ0v) is 32.9. The number of para-hydroxylation sites is 1. The summed E-state index contributed by atoms with van der Waals surface area (Å²) in [6.07, 6.45) is 0. The number of benzene rings is 9. The van der Waals surface area contributed by atoms with Gasteiger partial charge >= 0.3 is 0 Å². The molecule has 280 valence electrons. The van der Waals surface area contributed by atoms with Gasteiger partial charge < -0.3 is 4.90 Å². The summed E-state index contributed by atoms with van der Waals surface area (Å²) in [5.41, 5.74) is 16.6. The fraction of sp³-hybridized carbons (Fsp3) is 0.0690. The number of fused-ring (bicyclic) bond motifs is 6. The Morgan fingerprint density at radius 1 is 0.373 bits per heavy atom. The third-order valence-electron chi connectivity index (χ3n) is 12.6. The van der Waals surface area contributed by atoms with E-state index in [1.807, 2.05) is 24.3 Å². The molecule has 1 unspecified atom stereocenters. The first-order chi connectivity index (χ1) is 31.1. The van der Waals surface area contributed by atoms with Crippen LogP contribution in [-0.2, 0) is 10.8 Å². The lowest BCUT2D eigenvalue weighted by molar-refractivity contribution is 0.660. The SMILES string of the molecule is [2H]c1c([2H])c([2H])c(-c2cccc(C3(c4ccccc4)c4ccccc4-c4ccc(N(c5ccc6c(c5)C(C)(C)c5ccccc5-6)c5ccccc5-c5ccccc5)cc43)c2)c([2H])c1[2H]. The Kier molecular flexibility index (Phi) is 6.96. The lowest BCUT2D eigenvalue weighted by Gasteiger charge is -2.35. The van der Waals surface area contributed by atoms with Gasteiger partial charge in [-0.1, -0.05) is 202 Å². The molecule has 9 aromatic rings. The molecule has 1 heteroatoms. The smallest absolute Gasteiger partial charge is 0.0714 e. The average Bonchev–Trinajstić information content (AvgIpc) is 3.76. The van der Waals surface area contributed by atoms with Crippen LogP contribution in [0.4, 0.5) is 17.1 Å². The van der Waals surface area contributed by atoms with E-state index < -0.39 is 11.5 Å². The van der Waals surface area contributed by atoms with Crippen molar-refractivity contribution in [1.82, 2.24) is 0 Å². The third kappa shape index (κ3) is 5.39. The highest BCUT2D eigenvalue weighted by molar-refractivity contribution is 5.94. The van der Waals surface area contributed by atoms with Crippen molar-refractivity contribution in [3.05, 3.63) is 258 Å². The fourth-order valence-electron chi connectivity index (χ4n) is 9.97. The highest BCUT2D eigenvalue weighted by atomic mass is 15.1. The van der Waals surface area contributed by atoms with E-state index in [1.54, 1.807) is 0 Å². The van der Waals surface area contributed by atoms with Crippen molar-refractivity contribution in [2.24, 2.45) is 0 Å². The molecule has 0 amide bonds. The predicted molar refractivity (Wildman–Crippen MR) is 247 cm³/mol. The van der Waals surface area contributed by atoms with Crippen molar-refractivity contribution in [3.8, 4) is 44.5 Å². The molecule has 0 spiro atoms. The number of anilines is 3. The molecule has 0 N–H and O–H groups in total. The minimum absolute atomic E-state index is 0.182. The van der Waals surface area contributed by atoms with E-state index in [-0.39, 0.29) is 35.1 Å². The minimum atomic E-state index is -0.848. The van der Waals surface area contributed by atoms with Crippen molar-refractivity contribution < 1.29 is 6.85 Å². The van der Waals surface area contributed by atoms with Crippen molar-refractivity contribution in [2.75, 3.05) is 4.90 Å². The van der Waals surface area contributed by atoms with Gasteiger partial charge in [0.1, 0.15) is 0 Å². The molecule has 0 aliphatic heterocycles. The second kappa shape index (κ2) is 13.7. The molecular weight excluding hydrogens is 711 g/mol. The van der Waals surface area contributed by atoms with Crippen LogP contribution in [0.1, 0.15) is 54.1 Å². The number of hydrogen-bond donors (Lipinski definition) is 0. The Labute approximate surface area is 354 Å². The van der Waals surface area contributed by atoms with Gasteiger partial charge in [0, 0.05) is 22.4 Å². The number of hydrogen-bond acceptors (Lipinski definition) is 1. The highest BCUT2D eigenvalue weighted by Gasteiger charge is 2.46. The summed E-state index contributed by atoms with van der Waals surface area (Å²) in [6, 6.07) is 67.3. The summed E-state index contributed by atoms with van der Waals surface area (Å²) < 4.78 is 43.3. The van der Waals surface area contributed by atoms with Gasteiger partial charge in [0.2, 0.25) is 0 Å². The van der Waals surface area contributed by atoms with E-state index in [2.05, 4.69) is 189 Å². The van der Waals surface area contributed by atoms with Crippen LogP contribution >= 0.6 is 0 Å². The van der Waals surface area contributed by atoms with E-state index in [1.165, 1.54) is 22.3 Å². The molecule has 0 heterocycles. The standard InChI is InChI=1S/C58H43N/c1-57(2)52-30-15-12-28-48(52)50-35-33-45(38-54(50)57)59(56-32-17-14-27-47(56)41-21-8-4-9-22-41)46-34-36-51-49-29-13-16-31-53(49)58(55(51)39-46,43-24-10-5-11-25-43)44-26-18-23-42(37-44)40-19-6-3-7-20-40/h3-39H,1-2H3/i3D,6D,7D,19D,20D. The first-order valence-corrected chi connectivity index (χ1v) is 20.3. The van der Waals surface area contributed by atoms with Crippen LogP contribution in [0.5, 0.6) is 0 Å². The summed E-state index contributed by atoms with van der Waals surface area (Å²) in [4.78, 5) is 2.41. The van der Waals surface area contributed by atoms with Crippen LogP contribution in [0.25, 0.3) is 44.5 Å². The quantitative estimate of drug-likeness (QED) is 0.156. The average molecular weight is 759 g/mol. The van der Waals surface area contributed by atoms with E-state index >= 15 is 0 Å². The monoisotopic (exact) mass is 758 g/mol. The fourth-order valence-corrected chi connectivity index (χ4v) is 9.97. The van der Waals surface area contributed by atoms with E-state index in [9.17, 15) is 0 Å². The first kappa shape index (κ1) is 29.9. The molecule has 0 aromatic heterocycles. The highest BCUT2D eigenvalue weighted by Crippen LogP contribution is 2.58. The predicted octanol–water partition coefficient (Wildman–Crippen LogP) is 15.2. The number of rotatable bonds is 7. The van der Waals surface area contributed by atoms with Crippen LogP contribution in [0, 0.1) is 0 Å². The second-order valence-corrected chi connectivity index (χ2v) is 16.1. The molecule has 0 saturated carbocycles. The molecule has 0 radical (unpaired) electrons. The van der Waals surface area contributed by atoms with Crippen LogP contribution < -0.4 is 4.90 Å². The third-order valence-corrected chi connectivity index (χ3v) is 12.6. The van der Waals surface area contributed by atoms with Crippen molar-refractivity contribution >= 4 is 17.1 Å². The Balaban J connectivity index is 1.19. The second-order valence-electron chi connectivity index (χ2n) is 16.1. The van der Waals surface area contributed by atoms with Gasteiger partial charge in [-0.15, -0.1) is 0 Å². The molecular formula is C58H43N. The van der Waals surface area contributed by atoms with Gasteiger partial charge in [-0.25, -0.2) is 0 Å². The van der Waals surface area contributed by atoms with Gasteiger partial charge in [-0.3, -0.25) is 0 Å². The molecule has 0 fully saturated rings. The van der Waals surface area contributed by atoms with Gasteiger partial charge in [0.25, 0.3) is 0 Å². The first-order valence-electron chi connectivity index (χ1n) is 22.8. The molecule has 1 atom stereocenters. The molecule has 11 rings (SSSR count). The largest absolute Gasteiger partial charge is 0.310 e. The van der Waals surface area contributed by atoms with Gasteiger partial charge in [0.15, 0.2) is 0 Å². The Morgan fingerprint density at radius 3 is 1.63 bits per heavy atom. The van der Waals surface area contributed by atoms with E-state index in [0.717, 1.165) is 61.6 Å². The van der Waals surface area contributed by atoms with Crippen molar-refractivity contribution in [3.63, 3.8) is 0 Å². The van der Waals surface area contributed by atoms with Crippen LogP contribution in [0.15, 0.2) is 224 Å². The van der Waals surface area contributed by atoms with Gasteiger partial charge in [-0.2, -0.15) is 0 Å². The van der Waals surface area contributed by atoms with Crippen LogP contribution in [-0.4, -0.2) is 0 Å². The van der Waals surface area contributed by atoms with Crippen molar-refractivity contribution in [1.29, 1.82) is 0 Å². The van der Waals surface area contributed by atoms with Gasteiger partial charge in [0.05, 0.1) is 18.0 Å². The minimum Gasteiger partial charge on any atom is -0.310 e. The topological polar surface area (TPSA) is 3.24 Å². The molecule has 2 aliphatic carbocycles. The maximum absolute atomic E-state index is 8.95. The summed E-state index contributed by atoms with van der Waals surface area (Å²) in [5, 5.41) is 0. The summed E-state index contributed by atoms with van der Waals surface area (Å²) >= 11 is 0. The Bertz CT molecular complexity index is 3290. The molecule has 0 bridgehead atoms. The normalized spacial score (nSPS) is 16.7. The molecule has 2 aliphatic rings. The summed E-state index contributed by atoms with van der Waals surface area (Å²) in [6.45, 7) is 4.64. The van der Waals surface area contributed by atoms with Crippen LogP contribution in [0.3, 0.4) is 0 Å². The molecule has 59 heavy (non-hydrogen) atoms. The molecule has 1 nitrogen and oxygen atoms in total. The Morgan fingerprint density at radius 2 is 0.898 bits per heavy atom. The maximum atomic E-state index is 8.95. The number of nitrogens with zero attached hydrogens (tertiary/aromatic N) is 1. The zero-order chi connectivity index (χ0) is 43.9. The zero-order valence-electron chi connectivity index (χ0n) is 37.9. The summed E-state index contributed by atoms with van der Waals surface area (Å²) in [5.74, 6) is 0. The Hall–Kier alpha value is -7.22. The lowest BCUT2D eigenvalue weighted by atomic mass is 9.67. The molecule has 9 aromatic carbocycles. The van der Waals surface area contributed by atoms with Crippen molar-refractivity contribution in [2.45, 2.75) is 24.7 Å². The molecule has 0 saturated heterocycles. The van der Waals surface area contributed by atoms with E-state index in [0.29, 0.717) is 5.56 Å². The van der Waals surface area contributed by atoms with Crippen LogP contribution in [0.2, 0.25) is 0 Å². The lowest BCUT2D eigenvalue weighted by Crippen LogP contribution is -2.29.